The highest BCUT2D eigenvalue weighted by molar-refractivity contribution is 9.09. The smallest absolute Gasteiger partial charge is 0.233 e. The minimum Gasteiger partial charge on any atom is -0.391 e. The number of ether oxygens (including phenoxy) is 1. The van der Waals surface area contributed by atoms with E-state index in [-0.39, 0.29) is 18.1 Å². The lowest BCUT2D eigenvalue weighted by molar-refractivity contribution is -0.137. The molecule has 1 saturated heterocycles. The molecule has 166 valence electrons. The van der Waals surface area contributed by atoms with Crippen LogP contribution >= 0.6 is 15.9 Å². The van der Waals surface area contributed by atoms with Crippen molar-refractivity contribution in [2.75, 3.05) is 31.6 Å². The Morgan fingerprint density at radius 3 is 2.07 bits per heavy atom. The van der Waals surface area contributed by atoms with Crippen molar-refractivity contribution in [3.05, 3.63) is 0 Å². The number of aliphatic hydroxyl groups is 1. The van der Waals surface area contributed by atoms with Gasteiger partial charge in [-0.2, -0.15) is 0 Å². The molecular formula is C23H39BrN2O3. The van der Waals surface area contributed by atoms with Gasteiger partial charge in [0.05, 0.1) is 17.5 Å². The second-order valence-corrected chi connectivity index (χ2v) is 10.5. The van der Waals surface area contributed by atoms with Gasteiger partial charge in [0, 0.05) is 38.4 Å². The molecule has 0 aromatic heterocycles. The number of alkyl halides is 1. The molecule has 4 rings (SSSR count). The molecule has 29 heavy (non-hydrogen) atoms. The van der Waals surface area contributed by atoms with Crippen LogP contribution < -0.4 is 0 Å². The number of carbonyl (C=O) groups is 1. The highest BCUT2D eigenvalue weighted by Crippen LogP contribution is 2.34. The lowest BCUT2D eigenvalue weighted by Gasteiger charge is -2.45. The lowest BCUT2D eigenvalue weighted by atomic mass is 9.85. The van der Waals surface area contributed by atoms with Crippen LogP contribution in [0.15, 0.2) is 0 Å². The van der Waals surface area contributed by atoms with Crippen molar-refractivity contribution < 1.29 is 14.6 Å². The summed E-state index contributed by atoms with van der Waals surface area (Å²) in [5, 5.41) is 10.7. The number of likely N-dealkylation sites (tertiary alicyclic amines) is 1. The Morgan fingerprint density at radius 2 is 1.55 bits per heavy atom. The number of halogens is 1. The number of hydrogen-bond donors (Lipinski definition) is 1. The van der Waals surface area contributed by atoms with Gasteiger partial charge in [0.25, 0.3) is 0 Å². The summed E-state index contributed by atoms with van der Waals surface area (Å²) in [6, 6.07) is 1.04. The molecule has 1 heterocycles. The first-order valence-electron chi connectivity index (χ1n) is 12.0. The molecule has 0 aromatic rings. The van der Waals surface area contributed by atoms with E-state index in [1.807, 2.05) is 0 Å². The molecule has 5 nitrogen and oxygen atoms in total. The molecule has 0 bridgehead atoms. The average Bonchev–Trinajstić information content (AvgIpc) is 3.49. The first-order valence-corrected chi connectivity index (χ1v) is 13.1. The number of rotatable bonds is 8. The number of amides is 1. The van der Waals surface area contributed by atoms with Gasteiger partial charge in [-0.05, 0) is 82.5 Å². The molecule has 1 unspecified atom stereocenters. The first-order chi connectivity index (χ1) is 14.2. The molecule has 3 aliphatic carbocycles. The molecule has 0 spiro atoms. The van der Waals surface area contributed by atoms with Crippen molar-refractivity contribution in [2.45, 2.75) is 94.9 Å². The standard InChI is InChI=1S/C23H39BrN2O3/c24-14-23(28)26(21-2-1-3-22(21)27)20-10-12-25(13-11-20)19-8-6-18(7-9-19)16-29-15-17-4-5-17/h17-22,27H,1-16H2/t18?,19?,21?,22-/m1/s1. The van der Waals surface area contributed by atoms with Crippen molar-refractivity contribution in [2.24, 2.45) is 11.8 Å². The van der Waals surface area contributed by atoms with Gasteiger partial charge in [-0.1, -0.05) is 15.9 Å². The zero-order valence-electron chi connectivity index (χ0n) is 17.8. The van der Waals surface area contributed by atoms with E-state index < -0.39 is 0 Å². The summed E-state index contributed by atoms with van der Waals surface area (Å²) in [6.45, 7) is 4.14. The van der Waals surface area contributed by atoms with Crippen LogP contribution in [0.4, 0.5) is 0 Å². The van der Waals surface area contributed by atoms with Crippen LogP contribution in [-0.4, -0.2) is 76.7 Å². The molecule has 0 aromatic carbocycles. The SMILES string of the molecule is O=C(CBr)N(C1CCN(C2CCC(COCC3CC3)CC2)CC1)C1CCC[C@H]1O. The zero-order chi connectivity index (χ0) is 20.2. The van der Waals surface area contributed by atoms with Gasteiger partial charge in [-0.25, -0.2) is 0 Å². The Morgan fingerprint density at radius 1 is 0.931 bits per heavy atom. The van der Waals surface area contributed by atoms with Gasteiger partial charge in [0.1, 0.15) is 0 Å². The number of piperidine rings is 1. The number of hydrogen-bond acceptors (Lipinski definition) is 4. The summed E-state index contributed by atoms with van der Waals surface area (Å²) in [4.78, 5) is 17.4. The van der Waals surface area contributed by atoms with Crippen LogP contribution in [0.3, 0.4) is 0 Å². The quantitative estimate of drug-likeness (QED) is 0.550. The number of aliphatic hydroxyl groups excluding tert-OH is 1. The van der Waals surface area contributed by atoms with Crippen LogP contribution in [0.25, 0.3) is 0 Å². The highest BCUT2D eigenvalue weighted by atomic mass is 79.9. The summed E-state index contributed by atoms with van der Waals surface area (Å²) in [5.74, 6) is 1.79. The van der Waals surface area contributed by atoms with Crippen molar-refractivity contribution in [1.82, 2.24) is 9.80 Å². The second-order valence-electron chi connectivity index (χ2n) is 9.92. The fourth-order valence-electron chi connectivity index (χ4n) is 5.87. The van der Waals surface area contributed by atoms with Gasteiger partial charge >= 0.3 is 0 Å². The van der Waals surface area contributed by atoms with E-state index in [0.717, 1.165) is 70.2 Å². The maximum Gasteiger partial charge on any atom is 0.233 e. The molecular weight excluding hydrogens is 432 g/mol. The molecule has 6 heteroatoms. The van der Waals surface area contributed by atoms with Crippen molar-refractivity contribution in [1.29, 1.82) is 0 Å². The summed E-state index contributed by atoms with van der Waals surface area (Å²) < 4.78 is 5.93. The fraction of sp³-hybridized carbons (Fsp3) is 0.957. The van der Waals surface area contributed by atoms with Crippen molar-refractivity contribution >= 4 is 21.8 Å². The Balaban J connectivity index is 1.21. The molecule has 4 aliphatic rings. The number of carbonyl (C=O) groups excluding carboxylic acids is 1. The zero-order valence-corrected chi connectivity index (χ0v) is 19.4. The molecule has 1 N–H and O–H groups in total. The predicted molar refractivity (Wildman–Crippen MR) is 118 cm³/mol. The molecule has 1 aliphatic heterocycles. The van der Waals surface area contributed by atoms with Crippen LogP contribution in [-0.2, 0) is 9.53 Å². The van der Waals surface area contributed by atoms with Gasteiger partial charge in [0.2, 0.25) is 5.91 Å². The summed E-state index contributed by atoms with van der Waals surface area (Å²) in [6.07, 6.45) is 12.5. The Bertz CT molecular complexity index is 528. The fourth-order valence-corrected chi connectivity index (χ4v) is 6.16. The maximum atomic E-state index is 12.6. The third kappa shape index (κ3) is 5.75. The Hall–Kier alpha value is -0.170. The topological polar surface area (TPSA) is 53.0 Å². The molecule has 1 amide bonds. The second kappa shape index (κ2) is 10.4. The maximum absolute atomic E-state index is 12.6. The summed E-state index contributed by atoms with van der Waals surface area (Å²) in [7, 11) is 0. The van der Waals surface area contributed by atoms with Crippen LogP contribution in [0, 0.1) is 11.8 Å². The molecule has 4 fully saturated rings. The van der Waals surface area contributed by atoms with E-state index in [2.05, 4.69) is 25.7 Å². The van der Waals surface area contributed by atoms with Gasteiger partial charge in [0.15, 0.2) is 0 Å². The molecule has 3 saturated carbocycles. The summed E-state index contributed by atoms with van der Waals surface area (Å²) in [5.41, 5.74) is 0. The Labute approximate surface area is 184 Å². The van der Waals surface area contributed by atoms with Gasteiger partial charge in [-0.15, -0.1) is 0 Å². The van der Waals surface area contributed by atoms with E-state index >= 15 is 0 Å². The summed E-state index contributed by atoms with van der Waals surface area (Å²) >= 11 is 3.36. The predicted octanol–water partition coefficient (Wildman–Crippen LogP) is 3.57. The van der Waals surface area contributed by atoms with Gasteiger partial charge in [-0.3, -0.25) is 4.79 Å². The van der Waals surface area contributed by atoms with Crippen LogP contribution in [0.2, 0.25) is 0 Å². The van der Waals surface area contributed by atoms with Crippen molar-refractivity contribution in [3.8, 4) is 0 Å². The first kappa shape index (κ1) is 22.0. The highest BCUT2D eigenvalue weighted by Gasteiger charge is 2.39. The minimum atomic E-state index is -0.339. The van der Waals surface area contributed by atoms with E-state index in [0.29, 0.717) is 17.4 Å². The van der Waals surface area contributed by atoms with E-state index in [1.165, 1.54) is 38.5 Å². The third-order valence-electron chi connectivity index (χ3n) is 7.83. The molecule has 2 atom stereocenters. The lowest BCUT2D eigenvalue weighted by Crippen LogP contribution is -2.55. The third-order valence-corrected chi connectivity index (χ3v) is 8.31. The van der Waals surface area contributed by atoms with E-state index in [4.69, 9.17) is 4.74 Å². The molecule has 0 radical (unpaired) electrons. The van der Waals surface area contributed by atoms with E-state index in [1.54, 1.807) is 0 Å². The Kier molecular flexibility index (Phi) is 7.93. The normalized spacial score (nSPS) is 34.4. The van der Waals surface area contributed by atoms with Crippen LogP contribution in [0.5, 0.6) is 0 Å². The van der Waals surface area contributed by atoms with Gasteiger partial charge < -0.3 is 19.6 Å². The average molecular weight is 471 g/mol. The van der Waals surface area contributed by atoms with E-state index in [9.17, 15) is 9.90 Å². The monoisotopic (exact) mass is 470 g/mol. The number of nitrogens with zero attached hydrogens (tertiary/aromatic N) is 2. The largest absolute Gasteiger partial charge is 0.391 e. The van der Waals surface area contributed by atoms with Crippen LogP contribution in [0.1, 0.15) is 70.6 Å². The minimum absolute atomic E-state index is 0.0303. The van der Waals surface area contributed by atoms with Crippen molar-refractivity contribution in [3.63, 3.8) is 0 Å².